The van der Waals surface area contributed by atoms with E-state index in [1.807, 2.05) is 19.1 Å². The highest BCUT2D eigenvalue weighted by atomic mass is 16.5. The molecule has 2 aliphatic rings. The molecule has 1 aliphatic carbocycles. The maximum Gasteiger partial charge on any atom is 0.225 e. The number of nitrogens with one attached hydrogen (secondary N) is 1. The van der Waals surface area contributed by atoms with Crippen molar-refractivity contribution in [3.8, 4) is 0 Å². The topological polar surface area (TPSA) is 54.0 Å². The van der Waals surface area contributed by atoms with Crippen molar-refractivity contribution < 1.29 is 14.3 Å². The number of nitrogens with zero attached hydrogens (tertiary/aromatic N) is 2. The molecule has 1 fully saturated rings. The molecule has 1 aliphatic heterocycles. The Hall–Kier alpha value is -2.31. The molecule has 0 aromatic heterocycles. The number of hydrogen-bond acceptors (Lipinski definition) is 5. The molecule has 0 saturated carbocycles. The van der Waals surface area contributed by atoms with Gasteiger partial charge in [-0.15, -0.1) is 0 Å². The number of hydrogen-bond donors (Lipinski definition) is 1. The van der Waals surface area contributed by atoms with E-state index < -0.39 is 0 Å². The minimum atomic E-state index is -0.264. The van der Waals surface area contributed by atoms with Gasteiger partial charge in [0, 0.05) is 52.2 Å². The van der Waals surface area contributed by atoms with Gasteiger partial charge in [0.1, 0.15) is 0 Å². The summed E-state index contributed by atoms with van der Waals surface area (Å²) >= 11 is 0. The van der Waals surface area contributed by atoms with E-state index in [9.17, 15) is 4.79 Å². The summed E-state index contributed by atoms with van der Waals surface area (Å²) in [6.07, 6.45) is 17.9. The van der Waals surface area contributed by atoms with Gasteiger partial charge < -0.3 is 24.6 Å². The van der Waals surface area contributed by atoms with Crippen LogP contribution in [0.5, 0.6) is 0 Å². The van der Waals surface area contributed by atoms with Crippen LogP contribution in [0.25, 0.3) is 0 Å². The Kier molecular flexibility index (Phi) is 14.1. The van der Waals surface area contributed by atoms with Gasteiger partial charge in [-0.1, -0.05) is 83.7 Å². The van der Waals surface area contributed by atoms with Crippen molar-refractivity contribution in [1.29, 1.82) is 0 Å². The predicted octanol–water partition coefficient (Wildman–Crippen LogP) is 6.10. The number of allylic oxidation sites excluding steroid dienone is 7. The average Bonchev–Trinajstić information content (AvgIpc) is 3.28. The molecule has 1 heterocycles. The third kappa shape index (κ3) is 9.11. The summed E-state index contributed by atoms with van der Waals surface area (Å²) in [5, 5.41) is 3.15. The molecule has 1 unspecified atom stereocenters. The van der Waals surface area contributed by atoms with Crippen molar-refractivity contribution in [2.24, 2.45) is 17.8 Å². The van der Waals surface area contributed by atoms with Crippen LogP contribution in [-0.2, 0) is 14.3 Å². The maximum atomic E-state index is 13.2. The Morgan fingerprint density at radius 1 is 1.10 bits per heavy atom. The summed E-state index contributed by atoms with van der Waals surface area (Å²) < 4.78 is 12.1. The summed E-state index contributed by atoms with van der Waals surface area (Å²) in [5.41, 5.74) is 2.18. The zero-order valence-electron chi connectivity index (χ0n) is 25.7. The van der Waals surface area contributed by atoms with Gasteiger partial charge >= 0.3 is 0 Å². The van der Waals surface area contributed by atoms with Crippen molar-refractivity contribution >= 4 is 5.91 Å². The maximum absolute atomic E-state index is 13.2. The first-order valence-electron chi connectivity index (χ1n) is 14.9. The number of rotatable bonds is 17. The van der Waals surface area contributed by atoms with E-state index >= 15 is 0 Å². The molecule has 0 radical (unpaired) electrons. The van der Waals surface area contributed by atoms with Gasteiger partial charge in [-0.25, -0.2) is 0 Å². The van der Waals surface area contributed by atoms with Crippen molar-refractivity contribution in [1.82, 2.24) is 15.1 Å². The minimum absolute atomic E-state index is 0.00833. The highest BCUT2D eigenvalue weighted by molar-refractivity contribution is 5.79. The van der Waals surface area contributed by atoms with Gasteiger partial charge in [0.05, 0.1) is 30.2 Å². The quantitative estimate of drug-likeness (QED) is 0.241. The van der Waals surface area contributed by atoms with Gasteiger partial charge in [0.15, 0.2) is 0 Å². The largest absolute Gasteiger partial charge is 0.379 e. The second kappa shape index (κ2) is 16.7. The van der Waals surface area contributed by atoms with E-state index in [0.717, 1.165) is 56.5 Å². The van der Waals surface area contributed by atoms with Crippen molar-refractivity contribution in [2.45, 2.75) is 90.5 Å². The smallest absolute Gasteiger partial charge is 0.225 e. The second-order valence-electron chi connectivity index (χ2n) is 11.2. The Bertz CT molecular complexity index is 863. The van der Waals surface area contributed by atoms with Gasteiger partial charge in [0.2, 0.25) is 5.91 Å². The summed E-state index contributed by atoms with van der Waals surface area (Å²) in [4.78, 5) is 17.8. The normalized spacial score (nSPS) is 21.2. The number of carbonyl (C=O) groups excluding carboxylic acids is 1. The van der Waals surface area contributed by atoms with Gasteiger partial charge in [-0.2, -0.15) is 0 Å². The number of amides is 1. The zero-order chi connectivity index (χ0) is 28.9. The number of ether oxygens (including phenoxy) is 2. The zero-order valence-corrected chi connectivity index (χ0v) is 25.7. The molecule has 0 bridgehead atoms. The monoisotopic (exact) mass is 541 g/mol. The molecular weight excluding hydrogens is 486 g/mol. The molecule has 0 aromatic carbocycles. The van der Waals surface area contributed by atoms with Crippen LogP contribution in [0.1, 0.15) is 66.2 Å². The molecule has 0 spiro atoms. The highest BCUT2D eigenvalue weighted by Crippen LogP contribution is 2.33. The van der Waals surface area contributed by atoms with Gasteiger partial charge in [-0.3, -0.25) is 4.79 Å². The van der Waals surface area contributed by atoms with E-state index in [1.54, 1.807) is 14.2 Å². The van der Waals surface area contributed by atoms with Crippen LogP contribution < -0.4 is 5.32 Å². The first kappa shape index (κ1) is 32.9. The van der Waals surface area contributed by atoms with E-state index in [4.69, 9.17) is 9.47 Å². The third-order valence-corrected chi connectivity index (χ3v) is 8.79. The Labute approximate surface area is 238 Å². The van der Waals surface area contributed by atoms with Crippen LogP contribution in [0.3, 0.4) is 0 Å². The average molecular weight is 542 g/mol. The van der Waals surface area contributed by atoms with Crippen LogP contribution in [0.15, 0.2) is 61.0 Å². The van der Waals surface area contributed by atoms with Crippen LogP contribution in [0, 0.1) is 17.8 Å². The molecule has 6 nitrogen and oxygen atoms in total. The molecule has 0 aromatic rings. The molecule has 6 heteroatoms. The molecular formula is C33H55N3O3. The standard InChI is InChI=1S/C33H55N3O3/c1-10-24(3)31(35(7)25(4)11-2)30(38-8)23-26(5)36-22-16-19-29(36)32(39-9)27(6)33(37)34-21-20-28-17-14-12-13-15-18-28/h12-15,17-18,24,27-32H,4-5,10-11,16,19-23H2,1-3,6-9H3,(H,34,37)/t24-,27+,29-,30?,31-,32+/m0/s1. The Morgan fingerprint density at radius 2 is 1.77 bits per heavy atom. The molecule has 1 amide bonds. The lowest BCUT2D eigenvalue weighted by Gasteiger charge is -2.42. The fourth-order valence-corrected chi connectivity index (χ4v) is 6.08. The number of carbonyl (C=O) groups is 1. The van der Waals surface area contributed by atoms with Crippen molar-refractivity contribution in [3.63, 3.8) is 0 Å². The molecule has 2 rings (SSSR count). The second-order valence-corrected chi connectivity index (χ2v) is 11.2. The fourth-order valence-electron chi connectivity index (χ4n) is 6.08. The van der Waals surface area contributed by atoms with E-state index in [1.165, 1.54) is 0 Å². The molecule has 1 saturated heterocycles. The van der Waals surface area contributed by atoms with E-state index in [0.29, 0.717) is 18.4 Å². The summed E-state index contributed by atoms with van der Waals surface area (Å²) in [7, 11) is 5.67. The molecule has 6 atom stereocenters. The van der Waals surface area contributed by atoms with Crippen LogP contribution >= 0.6 is 0 Å². The first-order valence-corrected chi connectivity index (χ1v) is 14.9. The number of likely N-dealkylation sites (N-methyl/N-ethyl adjacent to an activating group) is 1. The van der Waals surface area contributed by atoms with Gasteiger partial charge in [-0.05, 0) is 37.5 Å². The predicted molar refractivity (Wildman–Crippen MR) is 163 cm³/mol. The summed E-state index contributed by atoms with van der Waals surface area (Å²) in [6, 6.07) is 0.326. The lowest BCUT2D eigenvalue weighted by Crippen LogP contribution is -2.49. The van der Waals surface area contributed by atoms with Crippen molar-refractivity contribution in [3.05, 3.63) is 61.0 Å². The van der Waals surface area contributed by atoms with Crippen molar-refractivity contribution in [2.75, 3.05) is 34.4 Å². The summed E-state index contributed by atoms with van der Waals surface area (Å²) in [5.74, 6) is 0.566. The molecule has 220 valence electrons. The van der Waals surface area contributed by atoms with Gasteiger partial charge in [0.25, 0.3) is 0 Å². The highest BCUT2D eigenvalue weighted by Gasteiger charge is 2.39. The fraction of sp³-hybridized carbons (Fsp3) is 0.667. The lowest BCUT2D eigenvalue weighted by atomic mass is 9.89. The minimum Gasteiger partial charge on any atom is -0.379 e. The molecule has 39 heavy (non-hydrogen) atoms. The number of likely N-dealkylation sites (tertiary alicyclic amines) is 1. The first-order chi connectivity index (χ1) is 18.7. The Morgan fingerprint density at radius 3 is 2.33 bits per heavy atom. The summed E-state index contributed by atoms with van der Waals surface area (Å²) in [6.45, 7) is 19.0. The van der Waals surface area contributed by atoms with E-state index in [2.05, 4.69) is 80.4 Å². The lowest BCUT2D eigenvalue weighted by molar-refractivity contribution is -0.130. The van der Waals surface area contributed by atoms with Crippen LogP contribution in [0.2, 0.25) is 0 Å². The Balaban J connectivity index is 2.05. The van der Waals surface area contributed by atoms with Crippen LogP contribution in [0.4, 0.5) is 0 Å². The third-order valence-electron chi connectivity index (χ3n) is 8.79. The SMILES string of the molecule is C=C(CC)N(C)[C@H](C(CC(=C)N1CCC[C@H]1[C@H](OC)[C@@H](C)C(=O)NCCC1C=CC=CC=C1)OC)[C@@H](C)CC. The number of methoxy groups -OCH3 is 2. The molecule has 1 N–H and O–H groups in total. The van der Waals surface area contributed by atoms with E-state index in [-0.39, 0.29) is 36.1 Å². The van der Waals surface area contributed by atoms with Crippen LogP contribution in [-0.4, -0.2) is 74.4 Å².